The number of hydrogen-bond donors (Lipinski definition) is 1. The van der Waals surface area contributed by atoms with E-state index in [1.54, 1.807) is 0 Å². The Hall–Kier alpha value is -0.0300. The third-order valence-corrected chi connectivity index (χ3v) is 7.21. The first-order valence-electron chi connectivity index (χ1n) is 9.91. The van der Waals surface area contributed by atoms with Crippen molar-refractivity contribution in [2.45, 2.75) is 57.9 Å². The number of piperazine rings is 1. The summed E-state index contributed by atoms with van der Waals surface area (Å²) in [4.78, 5) is 17.7. The summed E-state index contributed by atoms with van der Waals surface area (Å²) < 4.78 is 0. The third kappa shape index (κ3) is 4.45. The van der Waals surface area contributed by atoms with Crippen LogP contribution >= 0.6 is 24.8 Å². The minimum Gasteiger partial charge on any atom is -0.340 e. The molecule has 2 aliphatic carbocycles. The first kappa shape index (κ1) is 21.3. The van der Waals surface area contributed by atoms with Gasteiger partial charge in [0.1, 0.15) is 0 Å². The van der Waals surface area contributed by atoms with Crippen molar-refractivity contribution in [1.82, 2.24) is 15.1 Å². The molecule has 0 bridgehead atoms. The molecule has 4 nitrogen and oxygen atoms in total. The Kier molecular flexibility index (Phi) is 7.46. The number of piperidine rings is 1. The first-order chi connectivity index (χ1) is 11.2. The normalized spacial score (nSPS) is 34.8. The quantitative estimate of drug-likeness (QED) is 0.785. The predicted molar refractivity (Wildman–Crippen MR) is 107 cm³/mol. The summed E-state index contributed by atoms with van der Waals surface area (Å²) in [6.07, 6.45) is 9.11. The van der Waals surface area contributed by atoms with Crippen molar-refractivity contribution in [1.29, 1.82) is 0 Å². The van der Waals surface area contributed by atoms with Crippen LogP contribution in [0.2, 0.25) is 0 Å². The smallest absolute Gasteiger partial charge is 0.226 e. The van der Waals surface area contributed by atoms with E-state index in [1.165, 1.54) is 38.5 Å². The summed E-state index contributed by atoms with van der Waals surface area (Å²) >= 11 is 0. The van der Waals surface area contributed by atoms with Crippen LogP contribution in [0.4, 0.5) is 0 Å². The van der Waals surface area contributed by atoms with E-state index in [4.69, 9.17) is 0 Å². The van der Waals surface area contributed by atoms with Crippen LogP contribution in [0.15, 0.2) is 0 Å². The molecule has 1 unspecified atom stereocenters. The summed E-state index contributed by atoms with van der Waals surface area (Å²) in [5, 5.41) is 3.43. The second-order valence-electron chi connectivity index (χ2n) is 8.64. The number of halogens is 2. The Morgan fingerprint density at radius 2 is 1.56 bits per heavy atom. The van der Waals surface area contributed by atoms with Gasteiger partial charge in [0.2, 0.25) is 5.91 Å². The van der Waals surface area contributed by atoms with Crippen LogP contribution in [-0.4, -0.2) is 61.0 Å². The topological polar surface area (TPSA) is 35.6 Å². The van der Waals surface area contributed by atoms with E-state index in [2.05, 4.69) is 22.0 Å². The van der Waals surface area contributed by atoms with Gasteiger partial charge in [-0.1, -0.05) is 6.92 Å². The van der Waals surface area contributed by atoms with Gasteiger partial charge in [-0.2, -0.15) is 0 Å². The number of carbonyl (C=O) groups excluding carboxylic acids is 1. The Morgan fingerprint density at radius 1 is 0.960 bits per heavy atom. The average Bonchev–Trinajstić information content (AvgIpc) is 3.28. The van der Waals surface area contributed by atoms with E-state index in [-0.39, 0.29) is 24.8 Å². The predicted octanol–water partition coefficient (Wildman–Crippen LogP) is 2.94. The Bertz CT molecular complexity index is 440. The molecular weight excluding hydrogens is 357 g/mol. The molecule has 1 amide bonds. The molecule has 4 aliphatic rings. The molecule has 0 aromatic heterocycles. The largest absolute Gasteiger partial charge is 0.340 e. The van der Waals surface area contributed by atoms with Crippen LogP contribution in [0.25, 0.3) is 0 Å². The molecule has 2 saturated carbocycles. The number of hydrogen-bond acceptors (Lipinski definition) is 3. The lowest BCUT2D eigenvalue weighted by atomic mass is 9.86. The summed E-state index contributed by atoms with van der Waals surface area (Å²) in [5.74, 6) is 1.75. The highest BCUT2D eigenvalue weighted by Gasteiger charge is 2.58. The maximum Gasteiger partial charge on any atom is 0.226 e. The van der Waals surface area contributed by atoms with Gasteiger partial charge in [-0.25, -0.2) is 0 Å². The van der Waals surface area contributed by atoms with Crippen LogP contribution in [0.1, 0.15) is 51.9 Å². The highest BCUT2D eigenvalue weighted by molar-refractivity contribution is 5.85. The van der Waals surface area contributed by atoms with Gasteiger partial charge in [0.25, 0.3) is 0 Å². The molecule has 0 aromatic rings. The zero-order chi connectivity index (χ0) is 15.9. The van der Waals surface area contributed by atoms with Crippen molar-refractivity contribution in [2.75, 3.05) is 39.3 Å². The van der Waals surface area contributed by atoms with Gasteiger partial charge in [-0.3, -0.25) is 9.69 Å². The van der Waals surface area contributed by atoms with Crippen molar-refractivity contribution >= 4 is 30.7 Å². The molecule has 25 heavy (non-hydrogen) atoms. The molecule has 0 aromatic carbocycles. The number of nitrogens with zero attached hydrogens (tertiary/aromatic N) is 2. The zero-order valence-corrected chi connectivity index (χ0v) is 17.2. The highest BCUT2D eigenvalue weighted by Crippen LogP contribution is 2.59. The van der Waals surface area contributed by atoms with Crippen LogP contribution in [0.5, 0.6) is 0 Å². The molecule has 2 aliphatic heterocycles. The lowest BCUT2D eigenvalue weighted by molar-refractivity contribution is -0.135. The first-order valence-corrected chi connectivity index (χ1v) is 9.91. The summed E-state index contributed by atoms with van der Waals surface area (Å²) in [7, 11) is 0. The van der Waals surface area contributed by atoms with Crippen molar-refractivity contribution in [3.8, 4) is 0 Å². The molecule has 2 heterocycles. The van der Waals surface area contributed by atoms with Gasteiger partial charge >= 0.3 is 0 Å². The maximum atomic E-state index is 12.8. The number of nitrogens with one attached hydrogen (secondary N) is 1. The van der Waals surface area contributed by atoms with Gasteiger partial charge in [0.05, 0.1) is 0 Å². The molecular formula is C19H35Cl2N3O. The minimum absolute atomic E-state index is 0. The van der Waals surface area contributed by atoms with Gasteiger partial charge in [0.15, 0.2) is 0 Å². The molecule has 4 fully saturated rings. The van der Waals surface area contributed by atoms with Crippen LogP contribution < -0.4 is 5.32 Å². The SMILES string of the molecule is CC1CCC(N2CCN(C(=O)C3CC34CCNCC4)CC2)CC1.Cl.Cl. The van der Waals surface area contributed by atoms with Gasteiger partial charge < -0.3 is 10.2 Å². The summed E-state index contributed by atoms with van der Waals surface area (Å²) in [5.41, 5.74) is 0.388. The molecule has 146 valence electrons. The summed E-state index contributed by atoms with van der Waals surface area (Å²) in [6.45, 7) is 8.75. The van der Waals surface area contributed by atoms with Crippen molar-refractivity contribution in [3.05, 3.63) is 0 Å². The van der Waals surface area contributed by atoms with Crippen molar-refractivity contribution in [2.24, 2.45) is 17.3 Å². The fraction of sp³-hybridized carbons (Fsp3) is 0.947. The van der Waals surface area contributed by atoms with Crippen LogP contribution in [0.3, 0.4) is 0 Å². The van der Waals surface area contributed by atoms with Gasteiger partial charge in [-0.05, 0) is 69.4 Å². The standard InChI is InChI=1S/C19H33N3O.2ClH/c1-15-2-4-16(5-3-15)21-10-12-22(13-11-21)18(23)17-14-19(17)6-8-20-9-7-19;;/h15-17,20H,2-14H2,1H3;2*1H. The van der Waals surface area contributed by atoms with E-state index in [0.717, 1.165) is 57.6 Å². The molecule has 4 rings (SSSR count). The molecule has 0 radical (unpaired) electrons. The molecule has 1 N–H and O–H groups in total. The van der Waals surface area contributed by atoms with Crippen LogP contribution in [-0.2, 0) is 4.79 Å². The lowest BCUT2D eigenvalue weighted by Gasteiger charge is -2.42. The van der Waals surface area contributed by atoms with Crippen LogP contribution in [0, 0.1) is 17.3 Å². The van der Waals surface area contributed by atoms with E-state index < -0.39 is 0 Å². The third-order valence-electron chi connectivity index (χ3n) is 7.21. The Balaban J connectivity index is 0.00000113. The number of carbonyl (C=O) groups is 1. The van der Waals surface area contributed by atoms with E-state index >= 15 is 0 Å². The number of rotatable bonds is 2. The molecule has 1 spiro atoms. The van der Waals surface area contributed by atoms with Crippen molar-refractivity contribution < 1.29 is 4.79 Å². The minimum atomic E-state index is 0. The number of amides is 1. The molecule has 2 saturated heterocycles. The van der Waals surface area contributed by atoms with E-state index in [9.17, 15) is 4.79 Å². The Morgan fingerprint density at radius 3 is 2.16 bits per heavy atom. The average molecular weight is 392 g/mol. The Labute approximate surface area is 165 Å². The van der Waals surface area contributed by atoms with Crippen molar-refractivity contribution in [3.63, 3.8) is 0 Å². The summed E-state index contributed by atoms with van der Waals surface area (Å²) in [6, 6.07) is 0.792. The maximum absolute atomic E-state index is 12.8. The monoisotopic (exact) mass is 391 g/mol. The molecule has 6 heteroatoms. The fourth-order valence-electron chi connectivity index (χ4n) is 5.31. The molecule has 1 atom stereocenters. The second kappa shape index (κ2) is 8.77. The van der Waals surface area contributed by atoms with E-state index in [0.29, 0.717) is 17.2 Å². The zero-order valence-electron chi connectivity index (χ0n) is 15.5. The lowest BCUT2D eigenvalue weighted by Crippen LogP contribution is -2.53. The van der Waals surface area contributed by atoms with E-state index in [1.807, 2.05) is 0 Å². The van der Waals surface area contributed by atoms with Gasteiger partial charge in [0, 0.05) is 38.1 Å². The fourth-order valence-corrected chi connectivity index (χ4v) is 5.31. The highest BCUT2D eigenvalue weighted by atomic mass is 35.5. The second-order valence-corrected chi connectivity index (χ2v) is 8.64. The van der Waals surface area contributed by atoms with Gasteiger partial charge in [-0.15, -0.1) is 24.8 Å².